The highest BCUT2D eigenvalue weighted by Gasteiger charge is 2.09. The number of amides is 1. The molecule has 0 aliphatic rings. The molecular weight excluding hydrogens is 356 g/mol. The molecule has 6 heteroatoms. The Morgan fingerprint density at radius 3 is 2.54 bits per heavy atom. The van der Waals surface area contributed by atoms with Crippen LogP contribution in [0.15, 0.2) is 77.9 Å². The van der Waals surface area contributed by atoms with Crippen molar-refractivity contribution in [3.63, 3.8) is 0 Å². The molecule has 0 spiro atoms. The van der Waals surface area contributed by atoms with Crippen molar-refractivity contribution in [3.8, 4) is 17.2 Å². The zero-order chi connectivity index (χ0) is 19.8. The number of carbonyl (C=O) groups is 1. The van der Waals surface area contributed by atoms with Gasteiger partial charge in [0.15, 0.2) is 11.5 Å². The summed E-state index contributed by atoms with van der Waals surface area (Å²) in [4.78, 5) is 12.0. The number of hydrogen-bond acceptors (Lipinski definition) is 5. The lowest BCUT2D eigenvalue weighted by Gasteiger charge is -2.11. The summed E-state index contributed by atoms with van der Waals surface area (Å²) in [5.74, 6) is 0.578. The number of methoxy groups -OCH3 is 1. The highest BCUT2D eigenvalue weighted by Crippen LogP contribution is 2.28. The number of nitrogens with one attached hydrogen (secondary N) is 1. The molecule has 28 heavy (non-hydrogen) atoms. The Hall–Kier alpha value is -3.80. The third kappa shape index (κ3) is 4.88. The standard InChI is InChI=1S/C22H20N2O4/c1-27-21-13-17(11-12-20(21)28-15-16-7-3-2-4-8-16)14-23-24-22(26)18-9-5-6-10-19(18)25/h2-14,25H,15H2,1H3,(H,24,26). The maximum atomic E-state index is 12.0. The summed E-state index contributed by atoms with van der Waals surface area (Å²) in [6.07, 6.45) is 1.49. The van der Waals surface area contributed by atoms with Gasteiger partial charge in [0, 0.05) is 0 Å². The molecule has 0 fully saturated rings. The first-order valence-corrected chi connectivity index (χ1v) is 8.63. The molecule has 3 aromatic rings. The van der Waals surface area contributed by atoms with Gasteiger partial charge in [-0.05, 0) is 41.5 Å². The average Bonchev–Trinajstić information content (AvgIpc) is 2.73. The minimum absolute atomic E-state index is 0.100. The minimum Gasteiger partial charge on any atom is -0.507 e. The summed E-state index contributed by atoms with van der Waals surface area (Å²) >= 11 is 0. The lowest BCUT2D eigenvalue weighted by Crippen LogP contribution is -2.17. The second-order valence-electron chi connectivity index (χ2n) is 5.90. The Balaban J connectivity index is 1.63. The van der Waals surface area contributed by atoms with Gasteiger partial charge in [-0.3, -0.25) is 4.79 Å². The van der Waals surface area contributed by atoms with Gasteiger partial charge in [-0.2, -0.15) is 5.10 Å². The quantitative estimate of drug-likeness (QED) is 0.486. The van der Waals surface area contributed by atoms with Crippen LogP contribution in [0.1, 0.15) is 21.5 Å². The third-order valence-electron chi connectivity index (χ3n) is 3.95. The lowest BCUT2D eigenvalue weighted by atomic mass is 10.2. The second kappa shape index (κ2) is 9.23. The van der Waals surface area contributed by atoms with Gasteiger partial charge in [-0.1, -0.05) is 42.5 Å². The topological polar surface area (TPSA) is 80.2 Å². The van der Waals surface area contributed by atoms with Crippen LogP contribution in [-0.2, 0) is 6.61 Å². The van der Waals surface area contributed by atoms with E-state index in [9.17, 15) is 9.90 Å². The highest BCUT2D eigenvalue weighted by molar-refractivity contribution is 5.97. The molecule has 0 saturated heterocycles. The monoisotopic (exact) mass is 376 g/mol. The molecule has 0 radical (unpaired) electrons. The van der Waals surface area contributed by atoms with Crippen LogP contribution in [0.4, 0.5) is 0 Å². The van der Waals surface area contributed by atoms with E-state index >= 15 is 0 Å². The van der Waals surface area contributed by atoms with E-state index in [0.717, 1.165) is 11.1 Å². The van der Waals surface area contributed by atoms with E-state index in [-0.39, 0.29) is 11.3 Å². The minimum atomic E-state index is -0.496. The number of benzene rings is 3. The van der Waals surface area contributed by atoms with Gasteiger partial charge in [-0.15, -0.1) is 0 Å². The normalized spacial score (nSPS) is 10.6. The molecule has 0 aromatic heterocycles. The summed E-state index contributed by atoms with van der Waals surface area (Å²) in [6.45, 7) is 0.432. The number of phenols is 1. The van der Waals surface area contributed by atoms with Crippen LogP contribution >= 0.6 is 0 Å². The zero-order valence-electron chi connectivity index (χ0n) is 15.3. The van der Waals surface area contributed by atoms with E-state index in [1.165, 1.54) is 18.3 Å². The van der Waals surface area contributed by atoms with Crippen molar-refractivity contribution in [2.75, 3.05) is 7.11 Å². The van der Waals surface area contributed by atoms with Crippen molar-refractivity contribution in [3.05, 3.63) is 89.5 Å². The Morgan fingerprint density at radius 1 is 1.04 bits per heavy atom. The second-order valence-corrected chi connectivity index (χ2v) is 5.90. The predicted molar refractivity (Wildman–Crippen MR) is 107 cm³/mol. The number of para-hydroxylation sites is 1. The molecule has 3 aromatic carbocycles. The molecule has 0 heterocycles. The van der Waals surface area contributed by atoms with Crippen LogP contribution in [0.3, 0.4) is 0 Å². The van der Waals surface area contributed by atoms with Crippen LogP contribution in [-0.4, -0.2) is 24.3 Å². The highest BCUT2D eigenvalue weighted by atomic mass is 16.5. The molecule has 0 aliphatic heterocycles. The number of rotatable bonds is 7. The van der Waals surface area contributed by atoms with Crippen LogP contribution in [0.2, 0.25) is 0 Å². The lowest BCUT2D eigenvalue weighted by molar-refractivity contribution is 0.0952. The van der Waals surface area contributed by atoms with Gasteiger partial charge >= 0.3 is 0 Å². The van der Waals surface area contributed by atoms with Crippen molar-refractivity contribution in [1.82, 2.24) is 5.43 Å². The fourth-order valence-electron chi connectivity index (χ4n) is 2.51. The first kappa shape index (κ1) is 19.0. The van der Waals surface area contributed by atoms with Crippen molar-refractivity contribution >= 4 is 12.1 Å². The molecule has 1 amide bonds. The molecule has 0 bridgehead atoms. The summed E-state index contributed by atoms with van der Waals surface area (Å²) in [7, 11) is 1.56. The molecule has 3 rings (SSSR count). The fourth-order valence-corrected chi connectivity index (χ4v) is 2.51. The Labute approximate surface area is 163 Å². The van der Waals surface area contributed by atoms with E-state index in [1.807, 2.05) is 30.3 Å². The molecule has 142 valence electrons. The number of hydrogen-bond donors (Lipinski definition) is 2. The van der Waals surface area contributed by atoms with Crippen molar-refractivity contribution in [2.24, 2.45) is 5.10 Å². The van der Waals surface area contributed by atoms with Gasteiger partial charge in [0.05, 0.1) is 18.9 Å². The molecular formula is C22H20N2O4. The predicted octanol–water partition coefficient (Wildman–Crippen LogP) is 3.74. The zero-order valence-corrected chi connectivity index (χ0v) is 15.3. The van der Waals surface area contributed by atoms with Gasteiger partial charge in [-0.25, -0.2) is 5.43 Å². The Bertz CT molecular complexity index is 971. The SMILES string of the molecule is COc1cc(C=NNC(=O)c2ccccc2O)ccc1OCc1ccccc1. The number of aromatic hydroxyl groups is 1. The van der Waals surface area contributed by atoms with Crippen LogP contribution in [0, 0.1) is 0 Å². The smallest absolute Gasteiger partial charge is 0.275 e. The Morgan fingerprint density at radius 2 is 1.79 bits per heavy atom. The number of nitrogens with zero attached hydrogens (tertiary/aromatic N) is 1. The van der Waals surface area contributed by atoms with Gasteiger partial charge in [0.2, 0.25) is 0 Å². The van der Waals surface area contributed by atoms with Gasteiger partial charge in [0.1, 0.15) is 12.4 Å². The maximum Gasteiger partial charge on any atom is 0.275 e. The molecule has 0 saturated carbocycles. The maximum absolute atomic E-state index is 12.0. The summed E-state index contributed by atoms with van der Waals surface area (Å²) in [5, 5.41) is 13.6. The van der Waals surface area contributed by atoms with Crippen molar-refractivity contribution in [1.29, 1.82) is 0 Å². The van der Waals surface area contributed by atoms with E-state index in [0.29, 0.717) is 18.1 Å². The summed E-state index contributed by atoms with van der Waals surface area (Å²) < 4.78 is 11.2. The summed E-state index contributed by atoms with van der Waals surface area (Å²) in [6, 6.07) is 21.5. The van der Waals surface area contributed by atoms with Crippen LogP contribution in [0.5, 0.6) is 17.2 Å². The van der Waals surface area contributed by atoms with Crippen molar-refractivity contribution < 1.29 is 19.4 Å². The largest absolute Gasteiger partial charge is 0.507 e. The van der Waals surface area contributed by atoms with Gasteiger partial charge in [0.25, 0.3) is 5.91 Å². The average molecular weight is 376 g/mol. The molecule has 0 aliphatic carbocycles. The molecule has 6 nitrogen and oxygen atoms in total. The van der Waals surface area contributed by atoms with Crippen molar-refractivity contribution in [2.45, 2.75) is 6.61 Å². The molecule has 0 unspecified atom stereocenters. The van der Waals surface area contributed by atoms with E-state index in [2.05, 4.69) is 10.5 Å². The number of carbonyl (C=O) groups excluding carboxylic acids is 1. The van der Waals surface area contributed by atoms with E-state index < -0.39 is 5.91 Å². The first-order chi connectivity index (χ1) is 13.7. The van der Waals surface area contributed by atoms with Crippen LogP contribution in [0.25, 0.3) is 0 Å². The number of ether oxygens (including phenoxy) is 2. The Kier molecular flexibility index (Phi) is 6.25. The number of hydrazone groups is 1. The number of phenolic OH excluding ortho intramolecular Hbond substituents is 1. The first-order valence-electron chi connectivity index (χ1n) is 8.63. The fraction of sp³-hybridized carbons (Fsp3) is 0.0909. The summed E-state index contributed by atoms with van der Waals surface area (Å²) in [5.41, 5.74) is 4.32. The molecule has 2 N–H and O–H groups in total. The molecule has 0 atom stereocenters. The van der Waals surface area contributed by atoms with E-state index in [1.54, 1.807) is 37.4 Å². The third-order valence-corrected chi connectivity index (χ3v) is 3.95. The van der Waals surface area contributed by atoms with E-state index in [4.69, 9.17) is 9.47 Å². The van der Waals surface area contributed by atoms with Crippen LogP contribution < -0.4 is 14.9 Å². The van der Waals surface area contributed by atoms with Gasteiger partial charge < -0.3 is 14.6 Å².